The lowest BCUT2D eigenvalue weighted by Crippen LogP contribution is -2.09. The number of rotatable bonds is 3. The van der Waals surface area contributed by atoms with Gasteiger partial charge in [0.05, 0.1) is 5.52 Å². The number of nitrogens with zero attached hydrogens (tertiary/aromatic N) is 3. The topological polar surface area (TPSA) is 44.8 Å². The minimum atomic E-state index is 0.914. The standard InChI is InChI=1S/C18H15N.C6H5N3/c1-4-10-16(11-5-1)19(17-12-6-2-7-13-17)18-14-8-3-9-15-18;1-2-4-6-5(3-1)7-9-8-6/h1-15H;1-4H,(H,7,8,9). The van der Waals surface area contributed by atoms with Crippen molar-refractivity contribution in [1.29, 1.82) is 0 Å². The Balaban J connectivity index is 0.000000177. The molecule has 0 radical (unpaired) electrons. The smallest absolute Gasteiger partial charge is 0.112 e. The zero-order valence-electron chi connectivity index (χ0n) is 15.3. The minimum absolute atomic E-state index is 0.914. The van der Waals surface area contributed by atoms with E-state index in [-0.39, 0.29) is 0 Å². The molecule has 0 unspecified atom stereocenters. The van der Waals surface area contributed by atoms with Gasteiger partial charge in [0.25, 0.3) is 0 Å². The summed E-state index contributed by atoms with van der Waals surface area (Å²) in [5.41, 5.74) is 5.40. The van der Waals surface area contributed by atoms with E-state index in [1.807, 2.05) is 42.5 Å². The second-order valence-electron chi connectivity index (χ2n) is 6.17. The molecule has 0 aliphatic carbocycles. The van der Waals surface area contributed by atoms with Gasteiger partial charge in [-0.1, -0.05) is 71.9 Å². The third kappa shape index (κ3) is 4.07. The van der Waals surface area contributed by atoms with Gasteiger partial charge in [-0.3, -0.25) is 5.10 Å². The lowest BCUT2D eigenvalue weighted by molar-refractivity contribution is 0.959. The lowest BCUT2D eigenvalue weighted by Gasteiger charge is -2.25. The summed E-state index contributed by atoms with van der Waals surface area (Å²) in [5, 5.41) is 10.2. The molecule has 1 heterocycles. The molecule has 0 saturated heterocycles. The molecule has 136 valence electrons. The Morgan fingerprint density at radius 1 is 0.500 bits per heavy atom. The maximum atomic E-state index is 3.81. The molecule has 0 amide bonds. The number of aromatic amines is 1. The summed E-state index contributed by atoms with van der Waals surface area (Å²) in [4.78, 5) is 2.25. The Hall–Kier alpha value is -3.92. The Kier molecular flexibility index (Phi) is 5.40. The zero-order valence-corrected chi connectivity index (χ0v) is 15.3. The van der Waals surface area contributed by atoms with E-state index in [1.54, 1.807) is 0 Å². The minimum Gasteiger partial charge on any atom is -0.311 e. The van der Waals surface area contributed by atoms with E-state index in [1.165, 1.54) is 17.1 Å². The number of fused-ring (bicyclic) bond motifs is 1. The third-order valence-electron chi connectivity index (χ3n) is 4.28. The van der Waals surface area contributed by atoms with Crippen LogP contribution in [-0.4, -0.2) is 15.4 Å². The number of aromatic nitrogens is 3. The molecule has 1 aromatic heterocycles. The number of benzene rings is 4. The van der Waals surface area contributed by atoms with Gasteiger partial charge in [-0.05, 0) is 48.5 Å². The first-order chi connectivity index (χ1) is 13.9. The highest BCUT2D eigenvalue weighted by atomic mass is 15.3. The van der Waals surface area contributed by atoms with E-state index in [0.717, 1.165) is 11.0 Å². The van der Waals surface area contributed by atoms with Crippen molar-refractivity contribution in [1.82, 2.24) is 15.4 Å². The SMILES string of the molecule is c1ccc(N(c2ccccc2)c2ccccc2)cc1.c1ccc2[nH]nnc2c1. The Bertz CT molecular complexity index is 982. The molecule has 0 aliphatic rings. The average Bonchev–Trinajstić information content (AvgIpc) is 3.26. The van der Waals surface area contributed by atoms with Crippen molar-refractivity contribution in [2.24, 2.45) is 0 Å². The zero-order chi connectivity index (χ0) is 19.0. The van der Waals surface area contributed by atoms with Crippen LogP contribution in [0.4, 0.5) is 17.1 Å². The van der Waals surface area contributed by atoms with Gasteiger partial charge in [0, 0.05) is 17.1 Å². The molecule has 0 fully saturated rings. The number of nitrogens with one attached hydrogen (secondary N) is 1. The van der Waals surface area contributed by atoms with Crippen LogP contribution in [0.2, 0.25) is 0 Å². The van der Waals surface area contributed by atoms with Crippen molar-refractivity contribution in [3.63, 3.8) is 0 Å². The van der Waals surface area contributed by atoms with Gasteiger partial charge in [0.15, 0.2) is 0 Å². The molecular weight excluding hydrogens is 344 g/mol. The normalized spacial score (nSPS) is 10.1. The quantitative estimate of drug-likeness (QED) is 0.420. The first-order valence-corrected chi connectivity index (χ1v) is 9.13. The van der Waals surface area contributed by atoms with E-state index < -0.39 is 0 Å². The fraction of sp³-hybridized carbons (Fsp3) is 0. The second kappa shape index (κ2) is 8.64. The summed E-state index contributed by atoms with van der Waals surface area (Å²) >= 11 is 0. The van der Waals surface area contributed by atoms with Gasteiger partial charge in [-0.2, -0.15) is 0 Å². The van der Waals surface area contributed by atoms with E-state index in [0.29, 0.717) is 0 Å². The molecule has 0 bridgehead atoms. The number of hydrogen-bond acceptors (Lipinski definition) is 3. The van der Waals surface area contributed by atoms with Crippen LogP contribution in [-0.2, 0) is 0 Å². The number of hydrogen-bond donors (Lipinski definition) is 1. The molecule has 4 heteroatoms. The van der Waals surface area contributed by atoms with E-state index in [2.05, 4.69) is 93.1 Å². The predicted molar refractivity (Wildman–Crippen MR) is 115 cm³/mol. The fourth-order valence-corrected chi connectivity index (χ4v) is 2.97. The van der Waals surface area contributed by atoms with Crippen LogP contribution in [0.15, 0.2) is 115 Å². The number of para-hydroxylation sites is 4. The molecular formula is C24H20N4. The van der Waals surface area contributed by atoms with Crippen LogP contribution < -0.4 is 4.90 Å². The molecule has 0 aliphatic heterocycles. The molecule has 5 rings (SSSR count). The highest BCUT2D eigenvalue weighted by Crippen LogP contribution is 2.33. The van der Waals surface area contributed by atoms with Crippen molar-refractivity contribution < 1.29 is 0 Å². The summed E-state index contributed by atoms with van der Waals surface area (Å²) in [6, 6.07) is 39.0. The van der Waals surface area contributed by atoms with Crippen LogP contribution in [0.25, 0.3) is 11.0 Å². The number of anilines is 3. The summed E-state index contributed by atoms with van der Waals surface area (Å²) < 4.78 is 0. The molecule has 4 aromatic carbocycles. The highest BCUT2D eigenvalue weighted by molar-refractivity contribution is 5.76. The van der Waals surface area contributed by atoms with E-state index in [9.17, 15) is 0 Å². The van der Waals surface area contributed by atoms with Crippen LogP contribution in [0.1, 0.15) is 0 Å². The summed E-state index contributed by atoms with van der Waals surface area (Å²) in [5.74, 6) is 0. The monoisotopic (exact) mass is 364 g/mol. The van der Waals surface area contributed by atoms with Crippen molar-refractivity contribution in [2.75, 3.05) is 4.90 Å². The van der Waals surface area contributed by atoms with Gasteiger partial charge >= 0.3 is 0 Å². The summed E-state index contributed by atoms with van der Waals surface area (Å²) in [6.07, 6.45) is 0. The molecule has 1 N–H and O–H groups in total. The van der Waals surface area contributed by atoms with Gasteiger partial charge in [0.1, 0.15) is 5.52 Å². The Morgan fingerprint density at radius 2 is 0.929 bits per heavy atom. The van der Waals surface area contributed by atoms with Gasteiger partial charge in [0.2, 0.25) is 0 Å². The van der Waals surface area contributed by atoms with Gasteiger partial charge in [-0.25, -0.2) is 0 Å². The number of H-pyrrole nitrogens is 1. The predicted octanol–water partition coefficient (Wildman–Crippen LogP) is 6.11. The van der Waals surface area contributed by atoms with E-state index in [4.69, 9.17) is 0 Å². The van der Waals surface area contributed by atoms with Crippen LogP contribution in [0, 0.1) is 0 Å². The lowest BCUT2D eigenvalue weighted by atomic mass is 10.2. The maximum Gasteiger partial charge on any atom is 0.112 e. The maximum absolute atomic E-state index is 3.81. The largest absolute Gasteiger partial charge is 0.311 e. The van der Waals surface area contributed by atoms with Crippen molar-refractivity contribution in [3.8, 4) is 0 Å². The van der Waals surface area contributed by atoms with Crippen molar-refractivity contribution in [2.45, 2.75) is 0 Å². The van der Waals surface area contributed by atoms with Crippen molar-refractivity contribution in [3.05, 3.63) is 115 Å². The van der Waals surface area contributed by atoms with E-state index >= 15 is 0 Å². The van der Waals surface area contributed by atoms with Crippen LogP contribution >= 0.6 is 0 Å². The third-order valence-corrected chi connectivity index (χ3v) is 4.28. The molecule has 4 nitrogen and oxygen atoms in total. The fourth-order valence-electron chi connectivity index (χ4n) is 2.97. The second-order valence-corrected chi connectivity index (χ2v) is 6.17. The van der Waals surface area contributed by atoms with Crippen LogP contribution in [0.5, 0.6) is 0 Å². The molecule has 0 saturated carbocycles. The average molecular weight is 364 g/mol. The Morgan fingerprint density at radius 3 is 1.39 bits per heavy atom. The molecule has 28 heavy (non-hydrogen) atoms. The van der Waals surface area contributed by atoms with Crippen LogP contribution in [0.3, 0.4) is 0 Å². The summed E-state index contributed by atoms with van der Waals surface area (Å²) in [7, 11) is 0. The highest BCUT2D eigenvalue weighted by Gasteiger charge is 2.10. The molecule has 0 spiro atoms. The van der Waals surface area contributed by atoms with Crippen molar-refractivity contribution >= 4 is 28.1 Å². The van der Waals surface area contributed by atoms with Gasteiger partial charge in [-0.15, -0.1) is 5.10 Å². The summed E-state index contributed by atoms with van der Waals surface area (Å²) in [6.45, 7) is 0. The molecule has 0 atom stereocenters. The first-order valence-electron chi connectivity index (χ1n) is 9.13. The molecule has 5 aromatic rings. The van der Waals surface area contributed by atoms with Gasteiger partial charge < -0.3 is 4.90 Å². The first kappa shape index (κ1) is 17.5. The Labute approximate surface area is 164 Å².